The number of carbonyl (C=O) groups is 1. The lowest BCUT2D eigenvalue weighted by Crippen LogP contribution is -2.11. The topological polar surface area (TPSA) is 60.9 Å². The van der Waals surface area contributed by atoms with Crippen molar-refractivity contribution in [2.24, 2.45) is 0 Å². The first-order valence-electron chi connectivity index (χ1n) is 8.63. The molecule has 0 saturated carbocycles. The number of esters is 1. The number of hydrogen-bond donors (Lipinski definition) is 0. The first kappa shape index (κ1) is 19.7. The molecule has 0 spiro atoms. The Balaban J connectivity index is 1.72. The Hall–Kier alpha value is -3.06. The van der Waals surface area contributed by atoms with E-state index >= 15 is 0 Å². The van der Waals surface area contributed by atoms with Gasteiger partial charge >= 0.3 is 5.97 Å². The van der Waals surface area contributed by atoms with E-state index in [4.69, 9.17) is 14.2 Å². The number of thiazole rings is 1. The summed E-state index contributed by atoms with van der Waals surface area (Å²) in [5.74, 6) is 0.893. The number of hydrogen-bond acceptors (Lipinski definition) is 7. The van der Waals surface area contributed by atoms with Crippen LogP contribution in [0.3, 0.4) is 0 Å². The third-order valence-electron chi connectivity index (χ3n) is 4.13. The molecule has 0 aliphatic heterocycles. The summed E-state index contributed by atoms with van der Waals surface area (Å²) >= 11 is 1.46. The number of methoxy groups -OCH3 is 2. The van der Waals surface area contributed by atoms with Gasteiger partial charge < -0.3 is 19.1 Å². The second-order valence-corrected chi connectivity index (χ2v) is 7.06. The first-order chi connectivity index (χ1) is 13.5. The molecule has 2 aromatic carbocycles. The quantitative estimate of drug-likeness (QED) is 0.555. The number of aromatic nitrogens is 1. The summed E-state index contributed by atoms with van der Waals surface area (Å²) in [6.45, 7) is 0.105. The number of anilines is 1. The Bertz CT molecular complexity index is 969. The van der Waals surface area contributed by atoms with Crippen LogP contribution in [-0.2, 0) is 11.3 Å². The van der Waals surface area contributed by atoms with Crippen molar-refractivity contribution < 1.29 is 19.0 Å². The Morgan fingerprint density at radius 3 is 2.61 bits per heavy atom. The van der Waals surface area contributed by atoms with Crippen molar-refractivity contribution in [3.05, 3.63) is 59.1 Å². The number of para-hydroxylation sites is 1. The lowest BCUT2D eigenvalue weighted by atomic mass is 10.2. The number of carbonyl (C=O) groups excluding carboxylic acids is 1. The number of benzene rings is 2. The van der Waals surface area contributed by atoms with E-state index in [0.717, 1.165) is 16.3 Å². The minimum atomic E-state index is -0.378. The van der Waals surface area contributed by atoms with Gasteiger partial charge in [-0.15, -0.1) is 11.3 Å². The molecule has 0 atom stereocenters. The Morgan fingerprint density at radius 2 is 1.89 bits per heavy atom. The smallest absolute Gasteiger partial charge is 0.338 e. The summed E-state index contributed by atoms with van der Waals surface area (Å²) in [6.07, 6.45) is 0. The maximum Gasteiger partial charge on any atom is 0.338 e. The van der Waals surface area contributed by atoms with Crippen LogP contribution in [0.5, 0.6) is 11.5 Å². The zero-order chi connectivity index (χ0) is 20.1. The minimum absolute atomic E-state index is 0.105. The van der Waals surface area contributed by atoms with Crippen LogP contribution >= 0.6 is 11.3 Å². The molecule has 146 valence electrons. The molecule has 0 amide bonds. The highest BCUT2D eigenvalue weighted by Gasteiger charge is 2.15. The molecule has 7 heteroatoms. The van der Waals surface area contributed by atoms with Gasteiger partial charge in [0.2, 0.25) is 0 Å². The third kappa shape index (κ3) is 4.26. The van der Waals surface area contributed by atoms with Crippen molar-refractivity contribution in [3.63, 3.8) is 0 Å². The van der Waals surface area contributed by atoms with Gasteiger partial charge in [-0.05, 0) is 30.3 Å². The molecule has 0 aliphatic rings. The van der Waals surface area contributed by atoms with Crippen LogP contribution in [0.15, 0.2) is 47.8 Å². The molecule has 0 N–H and O–H groups in total. The van der Waals surface area contributed by atoms with E-state index in [1.165, 1.54) is 11.3 Å². The molecule has 3 aromatic rings. The van der Waals surface area contributed by atoms with Gasteiger partial charge in [-0.2, -0.15) is 0 Å². The van der Waals surface area contributed by atoms with E-state index in [1.54, 1.807) is 26.4 Å². The van der Waals surface area contributed by atoms with Gasteiger partial charge in [-0.25, -0.2) is 9.78 Å². The van der Waals surface area contributed by atoms with Crippen molar-refractivity contribution in [1.29, 1.82) is 0 Å². The summed E-state index contributed by atoms with van der Waals surface area (Å²) in [7, 11) is 7.04. The molecule has 0 aliphatic carbocycles. The van der Waals surface area contributed by atoms with E-state index in [0.29, 0.717) is 22.8 Å². The van der Waals surface area contributed by atoms with Crippen LogP contribution in [0.1, 0.15) is 16.1 Å². The van der Waals surface area contributed by atoms with Crippen LogP contribution in [0.2, 0.25) is 0 Å². The van der Waals surface area contributed by atoms with Crippen molar-refractivity contribution in [2.75, 3.05) is 33.2 Å². The fraction of sp³-hybridized carbons (Fsp3) is 0.238. The maximum atomic E-state index is 12.4. The molecule has 0 unspecified atom stereocenters. The van der Waals surface area contributed by atoms with E-state index in [9.17, 15) is 4.79 Å². The SMILES string of the molecule is COc1cccc(-c2nc(COC(=O)c3cccc(N(C)C)c3)cs2)c1OC. The highest BCUT2D eigenvalue weighted by molar-refractivity contribution is 7.13. The number of ether oxygens (including phenoxy) is 3. The molecule has 0 radical (unpaired) electrons. The Kier molecular flexibility index (Phi) is 6.16. The van der Waals surface area contributed by atoms with Gasteiger partial charge in [-0.1, -0.05) is 12.1 Å². The number of nitrogens with zero attached hydrogens (tertiary/aromatic N) is 2. The van der Waals surface area contributed by atoms with Crippen molar-refractivity contribution in [2.45, 2.75) is 6.61 Å². The highest BCUT2D eigenvalue weighted by Crippen LogP contribution is 2.39. The summed E-state index contributed by atoms with van der Waals surface area (Å²) in [4.78, 5) is 18.9. The molecule has 1 heterocycles. The zero-order valence-corrected chi connectivity index (χ0v) is 17.1. The highest BCUT2D eigenvalue weighted by atomic mass is 32.1. The molecule has 28 heavy (non-hydrogen) atoms. The van der Waals surface area contributed by atoms with Crippen molar-refractivity contribution >= 4 is 23.0 Å². The summed E-state index contributed by atoms with van der Waals surface area (Å²) in [5, 5.41) is 2.65. The van der Waals surface area contributed by atoms with Crippen LogP contribution < -0.4 is 14.4 Å². The molecule has 6 nitrogen and oxygen atoms in total. The first-order valence-corrected chi connectivity index (χ1v) is 9.51. The van der Waals surface area contributed by atoms with Gasteiger partial charge in [0.1, 0.15) is 11.6 Å². The summed E-state index contributed by atoms with van der Waals surface area (Å²) in [5.41, 5.74) is 2.97. The lowest BCUT2D eigenvalue weighted by Gasteiger charge is -2.13. The van der Waals surface area contributed by atoms with E-state index < -0.39 is 0 Å². The molecule has 0 saturated heterocycles. The normalized spacial score (nSPS) is 10.4. The largest absolute Gasteiger partial charge is 0.493 e. The van der Waals surface area contributed by atoms with E-state index in [1.807, 2.05) is 54.7 Å². The van der Waals surface area contributed by atoms with Crippen LogP contribution in [0.25, 0.3) is 10.6 Å². The van der Waals surface area contributed by atoms with Crippen molar-refractivity contribution in [3.8, 4) is 22.1 Å². The average Bonchev–Trinajstić information content (AvgIpc) is 3.20. The van der Waals surface area contributed by atoms with Crippen molar-refractivity contribution in [1.82, 2.24) is 4.98 Å². The second kappa shape index (κ2) is 8.75. The predicted octanol–water partition coefficient (Wildman–Crippen LogP) is 4.25. The Labute approximate surface area is 168 Å². The summed E-state index contributed by atoms with van der Waals surface area (Å²) < 4.78 is 16.2. The van der Waals surface area contributed by atoms with Crippen LogP contribution in [0.4, 0.5) is 5.69 Å². The molecule has 0 bridgehead atoms. The summed E-state index contributed by atoms with van der Waals surface area (Å²) in [6, 6.07) is 12.9. The zero-order valence-electron chi connectivity index (χ0n) is 16.3. The van der Waals surface area contributed by atoms with E-state index in [2.05, 4.69) is 4.98 Å². The number of rotatable bonds is 7. The minimum Gasteiger partial charge on any atom is -0.493 e. The molecule has 3 rings (SSSR count). The fourth-order valence-electron chi connectivity index (χ4n) is 2.69. The molecule has 1 aromatic heterocycles. The van der Waals surface area contributed by atoms with Gasteiger partial charge in [0.05, 0.1) is 31.0 Å². The third-order valence-corrected chi connectivity index (χ3v) is 5.06. The average molecular weight is 398 g/mol. The van der Waals surface area contributed by atoms with Gasteiger partial charge in [0, 0.05) is 25.2 Å². The second-order valence-electron chi connectivity index (χ2n) is 6.21. The van der Waals surface area contributed by atoms with Crippen LogP contribution in [0, 0.1) is 0 Å². The maximum absolute atomic E-state index is 12.4. The standard InChI is InChI=1S/C21H22N2O4S/c1-23(2)16-8-5-7-14(11-16)21(24)27-12-15-13-28-20(22-15)17-9-6-10-18(25-3)19(17)26-4/h5-11,13H,12H2,1-4H3. The molecule has 0 fully saturated rings. The molecular formula is C21H22N2O4S. The van der Waals surface area contributed by atoms with Gasteiger partial charge in [0.25, 0.3) is 0 Å². The van der Waals surface area contributed by atoms with Gasteiger partial charge in [-0.3, -0.25) is 0 Å². The van der Waals surface area contributed by atoms with E-state index in [-0.39, 0.29) is 12.6 Å². The van der Waals surface area contributed by atoms with Crippen LogP contribution in [-0.4, -0.2) is 39.3 Å². The predicted molar refractivity (Wildman–Crippen MR) is 111 cm³/mol. The molecular weight excluding hydrogens is 376 g/mol. The monoisotopic (exact) mass is 398 g/mol. The Morgan fingerprint density at radius 1 is 1.11 bits per heavy atom. The fourth-order valence-corrected chi connectivity index (χ4v) is 3.51. The lowest BCUT2D eigenvalue weighted by molar-refractivity contribution is 0.0468. The van der Waals surface area contributed by atoms with Gasteiger partial charge in [0.15, 0.2) is 11.5 Å².